The first-order valence-electron chi connectivity index (χ1n) is 5.19. The lowest BCUT2D eigenvalue weighted by molar-refractivity contribution is -0.143. The van der Waals surface area contributed by atoms with Gasteiger partial charge < -0.3 is 9.47 Å². The first-order valence-corrected chi connectivity index (χ1v) is 5.19. The van der Waals surface area contributed by atoms with Crippen LogP contribution < -0.4 is 4.74 Å². The SMILES string of the molecule is COC(=O)[C@H](C#N)[C@@H](C#N)c1ccc(OC)cc1. The monoisotopic (exact) mass is 244 g/mol. The van der Waals surface area contributed by atoms with E-state index in [4.69, 9.17) is 15.3 Å². The summed E-state index contributed by atoms with van der Waals surface area (Å²) in [5.74, 6) is -2.05. The predicted molar refractivity (Wildman–Crippen MR) is 62.5 cm³/mol. The second kappa shape index (κ2) is 6.27. The Morgan fingerprint density at radius 2 is 1.78 bits per heavy atom. The molecule has 18 heavy (non-hydrogen) atoms. The van der Waals surface area contributed by atoms with Crippen LogP contribution in [0.3, 0.4) is 0 Å². The third-order valence-corrected chi connectivity index (χ3v) is 2.54. The van der Waals surface area contributed by atoms with E-state index in [2.05, 4.69) is 4.74 Å². The summed E-state index contributed by atoms with van der Waals surface area (Å²) in [6, 6.07) is 10.4. The molecule has 2 atom stereocenters. The molecule has 0 unspecified atom stereocenters. The fourth-order valence-electron chi connectivity index (χ4n) is 1.54. The Hall–Kier alpha value is -2.53. The predicted octanol–water partition coefficient (Wildman–Crippen LogP) is 1.62. The average Bonchev–Trinajstić information content (AvgIpc) is 2.44. The van der Waals surface area contributed by atoms with Crippen LogP contribution in [-0.2, 0) is 9.53 Å². The first-order chi connectivity index (χ1) is 8.67. The number of nitrogens with zero attached hydrogens (tertiary/aromatic N) is 2. The first kappa shape index (κ1) is 13.5. The molecule has 1 aromatic carbocycles. The van der Waals surface area contributed by atoms with Crippen molar-refractivity contribution in [3.63, 3.8) is 0 Å². The Morgan fingerprint density at radius 1 is 1.17 bits per heavy atom. The van der Waals surface area contributed by atoms with Crippen molar-refractivity contribution >= 4 is 5.97 Å². The highest BCUT2D eigenvalue weighted by Crippen LogP contribution is 2.26. The molecule has 5 nitrogen and oxygen atoms in total. The summed E-state index contributed by atoms with van der Waals surface area (Å²) in [4.78, 5) is 11.4. The zero-order chi connectivity index (χ0) is 13.5. The molecular weight excluding hydrogens is 232 g/mol. The van der Waals surface area contributed by atoms with Gasteiger partial charge in [0, 0.05) is 0 Å². The average molecular weight is 244 g/mol. The van der Waals surface area contributed by atoms with Gasteiger partial charge in [-0.25, -0.2) is 0 Å². The lowest BCUT2D eigenvalue weighted by atomic mass is 9.88. The number of carbonyl (C=O) groups excluding carboxylic acids is 1. The molecule has 0 N–H and O–H groups in total. The molecule has 0 amide bonds. The van der Waals surface area contributed by atoms with Crippen LogP contribution in [0.15, 0.2) is 24.3 Å². The lowest BCUT2D eigenvalue weighted by Gasteiger charge is -2.13. The summed E-state index contributed by atoms with van der Waals surface area (Å²) in [5.41, 5.74) is 0.579. The van der Waals surface area contributed by atoms with Crippen LogP contribution in [0.4, 0.5) is 0 Å². The second-order valence-electron chi connectivity index (χ2n) is 3.51. The molecule has 0 aliphatic heterocycles. The summed E-state index contributed by atoms with van der Waals surface area (Å²) >= 11 is 0. The van der Waals surface area contributed by atoms with Gasteiger partial charge in [0.05, 0.1) is 32.3 Å². The van der Waals surface area contributed by atoms with Crippen LogP contribution >= 0.6 is 0 Å². The quantitative estimate of drug-likeness (QED) is 0.751. The minimum absolute atomic E-state index is 0.579. The molecule has 1 aromatic rings. The minimum Gasteiger partial charge on any atom is -0.497 e. The number of benzene rings is 1. The van der Waals surface area contributed by atoms with Crippen LogP contribution in [-0.4, -0.2) is 20.2 Å². The van der Waals surface area contributed by atoms with Gasteiger partial charge in [-0.15, -0.1) is 0 Å². The van der Waals surface area contributed by atoms with E-state index in [0.717, 1.165) is 0 Å². The van der Waals surface area contributed by atoms with Crippen molar-refractivity contribution in [2.45, 2.75) is 5.92 Å². The highest BCUT2D eigenvalue weighted by Gasteiger charge is 2.30. The van der Waals surface area contributed by atoms with E-state index in [1.165, 1.54) is 14.2 Å². The molecule has 0 bridgehead atoms. The maximum Gasteiger partial charge on any atom is 0.324 e. The molecule has 0 aliphatic carbocycles. The standard InChI is InChI=1S/C13H12N2O3/c1-17-10-5-3-9(4-6-10)11(7-14)12(8-15)13(16)18-2/h3-6,11-12H,1-2H3/t11-,12+/m0/s1. The van der Waals surface area contributed by atoms with Gasteiger partial charge in [0.1, 0.15) is 5.75 Å². The van der Waals surface area contributed by atoms with E-state index in [0.29, 0.717) is 11.3 Å². The van der Waals surface area contributed by atoms with Crippen molar-refractivity contribution < 1.29 is 14.3 Å². The van der Waals surface area contributed by atoms with Crippen molar-refractivity contribution in [3.8, 4) is 17.9 Å². The number of ether oxygens (including phenoxy) is 2. The van der Waals surface area contributed by atoms with Crippen molar-refractivity contribution in [2.75, 3.05) is 14.2 Å². The minimum atomic E-state index is -1.13. The maximum atomic E-state index is 11.4. The molecule has 1 rings (SSSR count). The fraction of sp³-hybridized carbons (Fsp3) is 0.308. The summed E-state index contributed by atoms with van der Waals surface area (Å²) in [6.45, 7) is 0. The topological polar surface area (TPSA) is 83.1 Å². The molecule has 92 valence electrons. The molecular formula is C13H12N2O3. The molecule has 0 spiro atoms. The smallest absolute Gasteiger partial charge is 0.324 e. The van der Waals surface area contributed by atoms with Gasteiger partial charge in [0.2, 0.25) is 0 Å². The molecule has 0 heterocycles. The summed E-state index contributed by atoms with van der Waals surface area (Å²) in [5, 5.41) is 18.1. The van der Waals surface area contributed by atoms with Gasteiger partial charge >= 0.3 is 5.97 Å². The van der Waals surface area contributed by atoms with Gasteiger partial charge in [0.15, 0.2) is 5.92 Å². The summed E-state index contributed by atoms with van der Waals surface area (Å²) in [6.07, 6.45) is 0. The fourth-order valence-corrected chi connectivity index (χ4v) is 1.54. The van der Waals surface area contributed by atoms with E-state index in [1.807, 2.05) is 6.07 Å². The third-order valence-electron chi connectivity index (χ3n) is 2.54. The normalized spacial score (nSPS) is 12.7. The molecule has 0 aromatic heterocycles. The van der Waals surface area contributed by atoms with Crippen LogP contribution in [0.5, 0.6) is 5.75 Å². The lowest BCUT2D eigenvalue weighted by Crippen LogP contribution is -2.21. The van der Waals surface area contributed by atoms with Gasteiger partial charge in [0.25, 0.3) is 0 Å². The van der Waals surface area contributed by atoms with Crippen LogP contribution in [0.2, 0.25) is 0 Å². The van der Waals surface area contributed by atoms with Crippen molar-refractivity contribution in [1.29, 1.82) is 10.5 Å². The van der Waals surface area contributed by atoms with Crippen molar-refractivity contribution in [3.05, 3.63) is 29.8 Å². The van der Waals surface area contributed by atoms with E-state index in [1.54, 1.807) is 30.3 Å². The van der Waals surface area contributed by atoms with Crippen molar-refractivity contribution in [1.82, 2.24) is 0 Å². The summed E-state index contributed by atoms with van der Waals surface area (Å²) < 4.78 is 9.51. The molecule has 0 saturated carbocycles. The number of rotatable bonds is 4. The third kappa shape index (κ3) is 2.78. The highest BCUT2D eigenvalue weighted by molar-refractivity contribution is 5.77. The Balaban J connectivity index is 3.05. The largest absolute Gasteiger partial charge is 0.497 e. The molecule has 5 heteroatoms. The number of methoxy groups -OCH3 is 2. The number of esters is 1. The van der Waals surface area contributed by atoms with Gasteiger partial charge in [-0.05, 0) is 17.7 Å². The van der Waals surface area contributed by atoms with E-state index < -0.39 is 17.8 Å². The van der Waals surface area contributed by atoms with Gasteiger partial charge in [-0.1, -0.05) is 12.1 Å². The number of nitriles is 2. The van der Waals surface area contributed by atoms with Gasteiger partial charge in [-0.2, -0.15) is 10.5 Å². The number of hydrogen-bond acceptors (Lipinski definition) is 5. The number of carbonyl (C=O) groups is 1. The zero-order valence-electron chi connectivity index (χ0n) is 10.1. The number of hydrogen-bond donors (Lipinski definition) is 0. The Labute approximate surface area is 105 Å². The maximum absolute atomic E-state index is 11.4. The Kier molecular flexibility index (Phi) is 4.71. The van der Waals surface area contributed by atoms with Gasteiger partial charge in [-0.3, -0.25) is 4.79 Å². The van der Waals surface area contributed by atoms with Crippen LogP contribution in [0.1, 0.15) is 11.5 Å². The molecule has 0 radical (unpaired) electrons. The molecule has 0 fully saturated rings. The molecule has 0 aliphatic rings. The zero-order valence-corrected chi connectivity index (χ0v) is 10.1. The summed E-state index contributed by atoms with van der Waals surface area (Å²) in [7, 11) is 2.72. The van der Waals surface area contributed by atoms with E-state index in [-0.39, 0.29) is 0 Å². The Bertz CT molecular complexity index is 496. The van der Waals surface area contributed by atoms with Crippen LogP contribution in [0.25, 0.3) is 0 Å². The van der Waals surface area contributed by atoms with Crippen molar-refractivity contribution in [2.24, 2.45) is 5.92 Å². The van der Waals surface area contributed by atoms with E-state index in [9.17, 15) is 4.79 Å². The highest BCUT2D eigenvalue weighted by atomic mass is 16.5. The second-order valence-corrected chi connectivity index (χ2v) is 3.51. The molecule has 0 saturated heterocycles. The Morgan fingerprint density at radius 3 is 2.17 bits per heavy atom. The van der Waals surface area contributed by atoms with Crippen LogP contribution in [0, 0.1) is 28.6 Å². The van der Waals surface area contributed by atoms with E-state index >= 15 is 0 Å².